The molecule has 0 aromatic heterocycles. The predicted octanol–water partition coefficient (Wildman–Crippen LogP) is 5.27. The first kappa shape index (κ1) is 19.6. The third-order valence-corrected chi connectivity index (χ3v) is 11.7. The maximum absolute atomic E-state index is 2.48. The Morgan fingerprint density at radius 2 is 0.552 bits per heavy atom. The zero-order valence-corrected chi connectivity index (χ0v) is 18.7. The van der Waals surface area contributed by atoms with Crippen LogP contribution in [0.4, 0.5) is 0 Å². The summed E-state index contributed by atoms with van der Waals surface area (Å²) < 4.78 is 0. The summed E-state index contributed by atoms with van der Waals surface area (Å²) in [7, 11) is -2.48. The number of hydrogen-bond donors (Lipinski definition) is 0. The summed E-state index contributed by atoms with van der Waals surface area (Å²) in [5.41, 5.74) is 5.48. The van der Waals surface area contributed by atoms with E-state index in [0.717, 1.165) is 0 Å². The minimum absolute atomic E-state index is 1.37. The molecular weight excluding hydrogens is 367 g/mol. The second-order valence-electron chi connectivity index (χ2n) is 8.01. The summed E-state index contributed by atoms with van der Waals surface area (Å²) in [6.45, 7) is 9.08. The van der Waals surface area contributed by atoms with E-state index >= 15 is 0 Å². The summed E-state index contributed by atoms with van der Waals surface area (Å²) in [4.78, 5) is 0. The first-order chi connectivity index (χ1) is 14.1. The standard InChI is InChI=1S/C28H29P/c1-21-13-5-9-17-25(21)29(26-18-10-6-14-22(26)2,27-19-11-7-15-23(27)3)28-20-12-8-16-24(28)4/h5-20,29H,1-4H3. The molecule has 0 radical (unpaired) electrons. The van der Waals surface area contributed by atoms with Crippen LogP contribution in [0, 0.1) is 27.7 Å². The Kier molecular flexibility index (Phi) is 5.39. The average molecular weight is 397 g/mol. The van der Waals surface area contributed by atoms with Gasteiger partial charge in [0.05, 0.1) is 0 Å². The summed E-state index contributed by atoms with van der Waals surface area (Å²) >= 11 is 0. The Morgan fingerprint density at radius 1 is 0.345 bits per heavy atom. The summed E-state index contributed by atoms with van der Waals surface area (Å²) in [5, 5.41) is 5.94. The molecule has 0 aliphatic heterocycles. The first-order valence-electron chi connectivity index (χ1n) is 10.3. The van der Waals surface area contributed by atoms with E-state index in [1.54, 1.807) is 0 Å². The van der Waals surface area contributed by atoms with Gasteiger partial charge in [-0.2, -0.15) is 0 Å². The Labute approximate surface area is 175 Å². The Balaban J connectivity index is 2.28. The van der Waals surface area contributed by atoms with Gasteiger partial charge in [0.1, 0.15) is 0 Å². The van der Waals surface area contributed by atoms with Crippen molar-refractivity contribution in [2.24, 2.45) is 0 Å². The van der Waals surface area contributed by atoms with Crippen LogP contribution in [0.2, 0.25) is 0 Å². The first-order valence-corrected chi connectivity index (χ1v) is 12.3. The van der Waals surface area contributed by atoms with Gasteiger partial charge in [-0.15, -0.1) is 0 Å². The van der Waals surface area contributed by atoms with E-state index in [9.17, 15) is 0 Å². The van der Waals surface area contributed by atoms with Crippen LogP contribution in [-0.4, -0.2) is 0 Å². The van der Waals surface area contributed by atoms with Gasteiger partial charge in [0.25, 0.3) is 0 Å². The van der Waals surface area contributed by atoms with Crippen molar-refractivity contribution in [3.8, 4) is 0 Å². The van der Waals surface area contributed by atoms with E-state index in [0.29, 0.717) is 0 Å². The topological polar surface area (TPSA) is 0 Å². The number of rotatable bonds is 4. The van der Waals surface area contributed by atoms with Crippen molar-refractivity contribution in [3.05, 3.63) is 119 Å². The van der Waals surface area contributed by atoms with E-state index in [-0.39, 0.29) is 0 Å². The van der Waals surface area contributed by atoms with Gasteiger partial charge >= 0.3 is 175 Å². The fourth-order valence-corrected chi connectivity index (χ4v) is 10.7. The minimum atomic E-state index is -2.48. The molecule has 4 rings (SSSR count). The molecule has 0 spiro atoms. The van der Waals surface area contributed by atoms with Gasteiger partial charge in [0.2, 0.25) is 0 Å². The molecule has 0 fully saturated rings. The van der Waals surface area contributed by atoms with E-state index in [2.05, 4.69) is 125 Å². The van der Waals surface area contributed by atoms with Crippen LogP contribution in [0.25, 0.3) is 0 Å². The normalized spacial score (nSPS) is 12.0. The van der Waals surface area contributed by atoms with Crippen molar-refractivity contribution >= 4 is 28.5 Å². The molecule has 4 aromatic rings. The zero-order chi connectivity index (χ0) is 20.4. The van der Waals surface area contributed by atoms with E-state index in [1.807, 2.05) is 0 Å². The van der Waals surface area contributed by atoms with Crippen molar-refractivity contribution in [2.45, 2.75) is 27.7 Å². The summed E-state index contributed by atoms with van der Waals surface area (Å²) in [6, 6.07) is 36.0. The molecule has 0 saturated heterocycles. The number of hydrogen-bond acceptors (Lipinski definition) is 0. The molecule has 146 valence electrons. The van der Waals surface area contributed by atoms with Crippen LogP contribution in [0.1, 0.15) is 22.3 Å². The number of benzene rings is 4. The second kappa shape index (κ2) is 7.97. The van der Waals surface area contributed by atoms with Gasteiger partial charge < -0.3 is 0 Å². The van der Waals surface area contributed by atoms with Crippen molar-refractivity contribution in [1.82, 2.24) is 0 Å². The summed E-state index contributed by atoms with van der Waals surface area (Å²) in [6.07, 6.45) is 0. The molecule has 0 heterocycles. The fraction of sp³-hybridized carbons (Fsp3) is 0.143. The Bertz CT molecular complexity index is 969. The van der Waals surface area contributed by atoms with Crippen molar-refractivity contribution < 1.29 is 0 Å². The van der Waals surface area contributed by atoms with Crippen LogP contribution >= 0.6 is 7.26 Å². The average Bonchev–Trinajstić information content (AvgIpc) is 2.73. The van der Waals surface area contributed by atoms with E-state index in [4.69, 9.17) is 0 Å². The molecule has 4 aromatic carbocycles. The van der Waals surface area contributed by atoms with Gasteiger partial charge in [0, 0.05) is 0 Å². The Morgan fingerprint density at radius 3 is 0.759 bits per heavy atom. The Hall–Kier alpha value is -2.69. The quantitative estimate of drug-likeness (QED) is 0.412. The molecule has 0 saturated carbocycles. The predicted molar refractivity (Wildman–Crippen MR) is 132 cm³/mol. The monoisotopic (exact) mass is 396 g/mol. The van der Waals surface area contributed by atoms with Crippen LogP contribution in [-0.2, 0) is 0 Å². The molecule has 0 aliphatic carbocycles. The van der Waals surface area contributed by atoms with Crippen LogP contribution in [0.5, 0.6) is 0 Å². The van der Waals surface area contributed by atoms with E-state index < -0.39 is 7.26 Å². The molecule has 0 nitrogen and oxygen atoms in total. The molecular formula is C28H29P. The van der Waals surface area contributed by atoms with Gasteiger partial charge in [-0.3, -0.25) is 0 Å². The fourth-order valence-electron chi connectivity index (χ4n) is 4.85. The molecule has 0 aliphatic rings. The van der Waals surface area contributed by atoms with Gasteiger partial charge in [-0.05, 0) is 0 Å². The molecule has 0 unspecified atom stereocenters. The summed E-state index contributed by atoms with van der Waals surface area (Å²) in [5.74, 6) is 0. The molecule has 0 bridgehead atoms. The molecule has 1 heteroatoms. The van der Waals surface area contributed by atoms with E-state index in [1.165, 1.54) is 43.5 Å². The van der Waals surface area contributed by atoms with Gasteiger partial charge in [-0.1, -0.05) is 0 Å². The maximum atomic E-state index is 2.37. The van der Waals surface area contributed by atoms with Crippen molar-refractivity contribution in [1.29, 1.82) is 0 Å². The molecule has 0 N–H and O–H groups in total. The van der Waals surface area contributed by atoms with Crippen molar-refractivity contribution in [2.75, 3.05) is 0 Å². The zero-order valence-electron chi connectivity index (χ0n) is 17.7. The van der Waals surface area contributed by atoms with Crippen LogP contribution < -0.4 is 21.2 Å². The molecule has 0 atom stereocenters. The third kappa shape index (κ3) is 3.22. The van der Waals surface area contributed by atoms with Crippen molar-refractivity contribution in [3.63, 3.8) is 0 Å². The SMILES string of the molecule is Cc1ccccc1[PH](c1ccccc1C)(c1ccccc1C)c1ccccc1C. The number of aryl methyl sites for hydroxylation is 4. The van der Waals surface area contributed by atoms with Crippen LogP contribution in [0.15, 0.2) is 97.1 Å². The van der Waals surface area contributed by atoms with Gasteiger partial charge in [-0.25, -0.2) is 0 Å². The molecule has 29 heavy (non-hydrogen) atoms. The second-order valence-corrected chi connectivity index (χ2v) is 11.7. The third-order valence-electron chi connectivity index (χ3n) is 6.20. The molecule has 0 amide bonds. The van der Waals surface area contributed by atoms with Crippen LogP contribution in [0.3, 0.4) is 0 Å². The van der Waals surface area contributed by atoms with Gasteiger partial charge in [0.15, 0.2) is 0 Å².